The zero-order valence-electron chi connectivity index (χ0n) is 13.5. The highest BCUT2D eigenvalue weighted by Gasteiger charge is 2.62. The molecule has 0 aromatic heterocycles. The Balaban J connectivity index is 1.82. The van der Waals surface area contributed by atoms with Crippen molar-refractivity contribution in [1.82, 2.24) is 5.32 Å². The molecule has 0 bridgehead atoms. The van der Waals surface area contributed by atoms with Crippen molar-refractivity contribution < 1.29 is 13.6 Å². The van der Waals surface area contributed by atoms with E-state index in [1.807, 2.05) is 13.8 Å². The van der Waals surface area contributed by atoms with Crippen LogP contribution in [-0.4, -0.2) is 12.5 Å². The first kappa shape index (κ1) is 16.9. The molecule has 0 aliphatic heterocycles. The minimum absolute atomic E-state index is 0.173. The normalized spacial score (nSPS) is 21.4. The van der Waals surface area contributed by atoms with E-state index >= 15 is 0 Å². The fourth-order valence-corrected chi connectivity index (χ4v) is 3.60. The second-order valence-corrected chi connectivity index (χ2v) is 7.40. The van der Waals surface area contributed by atoms with E-state index in [1.165, 1.54) is 12.1 Å². The predicted molar refractivity (Wildman–Crippen MR) is 90.2 cm³/mol. The van der Waals surface area contributed by atoms with Gasteiger partial charge in [-0.2, -0.15) is 0 Å². The average molecular weight is 350 g/mol. The summed E-state index contributed by atoms with van der Waals surface area (Å²) >= 11 is 5.90. The lowest BCUT2D eigenvalue weighted by molar-refractivity contribution is 0.0947. The maximum Gasteiger partial charge on any atom is 0.251 e. The molecule has 1 saturated carbocycles. The Hall–Kier alpha value is -1.94. The third kappa shape index (κ3) is 2.91. The maximum absolute atomic E-state index is 14.3. The molecule has 5 heteroatoms. The van der Waals surface area contributed by atoms with Crippen LogP contribution < -0.4 is 5.32 Å². The van der Waals surface area contributed by atoms with Crippen LogP contribution in [0, 0.1) is 17.0 Å². The van der Waals surface area contributed by atoms with Gasteiger partial charge in [0.05, 0.1) is 0 Å². The molecule has 0 radical (unpaired) electrons. The summed E-state index contributed by atoms with van der Waals surface area (Å²) in [6.07, 6.45) is 0.721. The van der Waals surface area contributed by atoms with Crippen LogP contribution in [0.3, 0.4) is 0 Å². The zero-order chi connectivity index (χ0) is 17.5. The Labute approximate surface area is 144 Å². The van der Waals surface area contributed by atoms with E-state index in [1.54, 1.807) is 24.3 Å². The number of carbonyl (C=O) groups is 1. The summed E-state index contributed by atoms with van der Waals surface area (Å²) in [5.74, 6) is -1.44. The molecule has 1 aliphatic carbocycles. The quantitative estimate of drug-likeness (QED) is 0.850. The van der Waals surface area contributed by atoms with Crippen LogP contribution in [0.25, 0.3) is 0 Å². The fourth-order valence-electron chi connectivity index (χ4n) is 3.41. The van der Waals surface area contributed by atoms with Crippen LogP contribution in [0.5, 0.6) is 0 Å². The number of halogens is 3. The first-order valence-electron chi connectivity index (χ1n) is 7.74. The summed E-state index contributed by atoms with van der Waals surface area (Å²) < 4.78 is 27.5. The number of rotatable bonds is 4. The Morgan fingerprint density at radius 2 is 1.92 bits per heavy atom. The van der Waals surface area contributed by atoms with E-state index < -0.39 is 17.0 Å². The van der Waals surface area contributed by atoms with E-state index in [-0.39, 0.29) is 17.9 Å². The number of hydrogen-bond acceptors (Lipinski definition) is 1. The molecule has 1 unspecified atom stereocenters. The third-order valence-corrected chi connectivity index (χ3v) is 5.23. The molecular formula is C19H18ClF2NO. The van der Waals surface area contributed by atoms with Crippen molar-refractivity contribution in [3.05, 3.63) is 70.2 Å². The van der Waals surface area contributed by atoms with Gasteiger partial charge in [-0.25, -0.2) is 8.78 Å². The fraction of sp³-hybridized carbons (Fsp3) is 0.316. The number of amides is 1. The van der Waals surface area contributed by atoms with Gasteiger partial charge in [-0.05, 0) is 41.7 Å². The maximum atomic E-state index is 14.3. The van der Waals surface area contributed by atoms with Gasteiger partial charge >= 0.3 is 0 Å². The second-order valence-electron chi connectivity index (χ2n) is 6.96. The van der Waals surface area contributed by atoms with Gasteiger partial charge in [-0.3, -0.25) is 4.79 Å². The molecule has 1 aliphatic rings. The molecule has 1 N–H and O–H groups in total. The Morgan fingerprint density at radius 3 is 2.50 bits per heavy atom. The molecule has 2 nitrogen and oxygen atoms in total. The van der Waals surface area contributed by atoms with Crippen LogP contribution in [0.15, 0.2) is 42.5 Å². The van der Waals surface area contributed by atoms with Gasteiger partial charge < -0.3 is 5.32 Å². The largest absolute Gasteiger partial charge is 0.351 e. The minimum atomic E-state index is -0.604. The van der Waals surface area contributed by atoms with Gasteiger partial charge in [0.1, 0.15) is 11.6 Å². The molecule has 0 heterocycles. The molecule has 3 rings (SSSR count). The van der Waals surface area contributed by atoms with Crippen molar-refractivity contribution in [2.24, 2.45) is 5.41 Å². The summed E-state index contributed by atoms with van der Waals surface area (Å²) in [5, 5.41) is 3.35. The van der Waals surface area contributed by atoms with Crippen LogP contribution >= 0.6 is 11.6 Å². The number of nitrogens with one attached hydrogen (secondary N) is 1. The van der Waals surface area contributed by atoms with E-state index in [0.717, 1.165) is 12.5 Å². The van der Waals surface area contributed by atoms with Gasteiger partial charge in [0.2, 0.25) is 0 Å². The van der Waals surface area contributed by atoms with Gasteiger partial charge in [0.15, 0.2) is 0 Å². The van der Waals surface area contributed by atoms with Crippen LogP contribution in [0.1, 0.15) is 36.2 Å². The molecule has 1 fully saturated rings. The van der Waals surface area contributed by atoms with Crippen molar-refractivity contribution in [2.75, 3.05) is 6.54 Å². The molecule has 1 amide bonds. The molecule has 1 atom stereocenters. The smallest absolute Gasteiger partial charge is 0.251 e. The molecule has 2 aromatic rings. The predicted octanol–water partition coefficient (Wildman–Crippen LogP) is 4.72. The third-order valence-electron chi connectivity index (χ3n) is 5.00. The molecule has 0 saturated heterocycles. The second kappa shape index (κ2) is 5.85. The average Bonchev–Trinajstić information content (AvgIpc) is 3.07. The first-order chi connectivity index (χ1) is 11.2. The molecule has 126 valence electrons. The van der Waals surface area contributed by atoms with Crippen molar-refractivity contribution in [2.45, 2.75) is 25.7 Å². The minimum Gasteiger partial charge on any atom is -0.351 e. The van der Waals surface area contributed by atoms with Crippen molar-refractivity contribution in [1.29, 1.82) is 0 Å². The van der Waals surface area contributed by atoms with Gasteiger partial charge in [0, 0.05) is 28.6 Å². The number of hydrogen-bond donors (Lipinski definition) is 1. The zero-order valence-corrected chi connectivity index (χ0v) is 14.3. The lowest BCUT2D eigenvalue weighted by Crippen LogP contribution is -2.35. The van der Waals surface area contributed by atoms with Crippen molar-refractivity contribution in [3.63, 3.8) is 0 Å². The lowest BCUT2D eigenvalue weighted by Gasteiger charge is -2.22. The van der Waals surface area contributed by atoms with Gasteiger partial charge in [0.25, 0.3) is 5.91 Å². The topological polar surface area (TPSA) is 29.1 Å². The lowest BCUT2D eigenvalue weighted by atomic mass is 9.87. The van der Waals surface area contributed by atoms with E-state index in [9.17, 15) is 13.6 Å². The van der Waals surface area contributed by atoms with Crippen LogP contribution in [0.2, 0.25) is 5.02 Å². The Kier molecular flexibility index (Phi) is 4.12. The highest BCUT2D eigenvalue weighted by molar-refractivity contribution is 6.30. The molecule has 2 aromatic carbocycles. The first-order valence-corrected chi connectivity index (χ1v) is 8.12. The Bertz CT molecular complexity index is 806. The standard InChI is InChI=1S/C19H18ClF2NO/c1-18(2)10-19(18,15-7-6-14(21)9-16(15)22)11-23-17(24)12-4-3-5-13(20)8-12/h3-9H,10-11H2,1-2H3,(H,23,24). The summed E-state index contributed by atoms with van der Waals surface area (Å²) in [6, 6.07) is 10.3. The van der Waals surface area contributed by atoms with Gasteiger partial charge in [-0.1, -0.05) is 37.6 Å². The number of benzene rings is 2. The van der Waals surface area contributed by atoms with Crippen LogP contribution in [0.4, 0.5) is 8.78 Å². The van der Waals surface area contributed by atoms with Gasteiger partial charge in [-0.15, -0.1) is 0 Å². The SMILES string of the molecule is CC1(C)CC1(CNC(=O)c1cccc(Cl)c1)c1ccc(F)cc1F. The van der Waals surface area contributed by atoms with Crippen molar-refractivity contribution >= 4 is 17.5 Å². The highest BCUT2D eigenvalue weighted by atomic mass is 35.5. The van der Waals surface area contributed by atoms with Crippen LogP contribution in [-0.2, 0) is 5.41 Å². The summed E-state index contributed by atoms with van der Waals surface area (Å²) in [7, 11) is 0. The molecular weight excluding hydrogens is 332 g/mol. The highest BCUT2D eigenvalue weighted by Crippen LogP contribution is 2.64. The van der Waals surface area contributed by atoms with E-state index in [2.05, 4.69) is 5.32 Å². The number of carbonyl (C=O) groups excluding carboxylic acids is 1. The van der Waals surface area contributed by atoms with E-state index in [4.69, 9.17) is 11.6 Å². The Morgan fingerprint density at radius 1 is 1.21 bits per heavy atom. The molecule has 24 heavy (non-hydrogen) atoms. The van der Waals surface area contributed by atoms with E-state index in [0.29, 0.717) is 16.1 Å². The monoisotopic (exact) mass is 349 g/mol. The summed E-state index contributed by atoms with van der Waals surface area (Å²) in [5.41, 5.74) is 0.197. The van der Waals surface area contributed by atoms with Crippen molar-refractivity contribution in [3.8, 4) is 0 Å². The molecule has 0 spiro atoms. The summed E-state index contributed by atoms with van der Waals surface area (Å²) in [4.78, 5) is 12.3. The summed E-state index contributed by atoms with van der Waals surface area (Å²) in [6.45, 7) is 4.32.